The minimum atomic E-state index is -0.202. The van der Waals surface area contributed by atoms with Crippen molar-refractivity contribution in [3.8, 4) is 0 Å². The molecule has 0 aromatic rings. The van der Waals surface area contributed by atoms with E-state index in [2.05, 4.69) is 25.7 Å². The highest BCUT2D eigenvalue weighted by Crippen LogP contribution is 2.35. The van der Waals surface area contributed by atoms with Crippen LogP contribution >= 0.6 is 0 Å². The van der Waals surface area contributed by atoms with E-state index in [0.717, 1.165) is 44.7 Å². The van der Waals surface area contributed by atoms with E-state index in [-0.39, 0.29) is 5.54 Å². The average Bonchev–Trinajstić information content (AvgIpc) is 2.64. The highest BCUT2D eigenvalue weighted by molar-refractivity contribution is 5.77. The molecule has 2 fully saturated rings. The smallest absolute Gasteiger partial charge is 0.224 e. The van der Waals surface area contributed by atoms with Gasteiger partial charge in [-0.2, -0.15) is 0 Å². The summed E-state index contributed by atoms with van der Waals surface area (Å²) in [5.41, 5.74) is 6.51. The maximum atomic E-state index is 12.5. The molecule has 116 valence electrons. The molecule has 0 spiro atoms. The number of rotatable bonds is 2. The van der Waals surface area contributed by atoms with Gasteiger partial charge >= 0.3 is 0 Å². The van der Waals surface area contributed by atoms with E-state index in [9.17, 15) is 4.79 Å². The summed E-state index contributed by atoms with van der Waals surface area (Å²) >= 11 is 0. The van der Waals surface area contributed by atoms with Gasteiger partial charge in [-0.05, 0) is 43.4 Å². The first-order chi connectivity index (χ1) is 9.30. The lowest BCUT2D eigenvalue weighted by Gasteiger charge is -2.30. The van der Waals surface area contributed by atoms with E-state index in [0.29, 0.717) is 17.7 Å². The van der Waals surface area contributed by atoms with Crippen molar-refractivity contribution >= 4 is 5.91 Å². The van der Waals surface area contributed by atoms with Gasteiger partial charge in [0, 0.05) is 25.0 Å². The van der Waals surface area contributed by atoms with Crippen molar-refractivity contribution in [3.63, 3.8) is 0 Å². The fourth-order valence-electron chi connectivity index (χ4n) is 3.88. The van der Waals surface area contributed by atoms with Gasteiger partial charge < -0.3 is 10.6 Å². The van der Waals surface area contributed by atoms with Crippen LogP contribution in [0.25, 0.3) is 0 Å². The van der Waals surface area contributed by atoms with Gasteiger partial charge in [0.15, 0.2) is 0 Å². The summed E-state index contributed by atoms with van der Waals surface area (Å²) in [4.78, 5) is 14.6. The molecule has 3 nitrogen and oxygen atoms in total. The van der Waals surface area contributed by atoms with E-state index in [1.165, 1.54) is 19.3 Å². The minimum absolute atomic E-state index is 0.202. The maximum Gasteiger partial charge on any atom is 0.224 e. The molecule has 1 aliphatic heterocycles. The first kappa shape index (κ1) is 15.8. The third-order valence-electron chi connectivity index (χ3n) is 5.41. The van der Waals surface area contributed by atoms with Crippen LogP contribution in [0.15, 0.2) is 0 Å². The van der Waals surface area contributed by atoms with Gasteiger partial charge in [0.2, 0.25) is 5.91 Å². The van der Waals surface area contributed by atoms with Gasteiger partial charge in [0.05, 0.1) is 0 Å². The van der Waals surface area contributed by atoms with Crippen LogP contribution in [0.4, 0.5) is 0 Å². The van der Waals surface area contributed by atoms with E-state index in [1.54, 1.807) is 0 Å². The van der Waals surface area contributed by atoms with Crippen LogP contribution in [0.5, 0.6) is 0 Å². The zero-order valence-electron chi connectivity index (χ0n) is 13.6. The number of carbonyl (C=O) groups is 1. The Labute approximate surface area is 124 Å². The highest BCUT2D eigenvalue weighted by atomic mass is 16.2. The van der Waals surface area contributed by atoms with Crippen molar-refractivity contribution in [3.05, 3.63) is 0 Å². The maximum absolute atomic E-state index is 12.5. The van der Waals surface area contributed by atoms with E-state index in [1.807, 2.05) is 0 Å². The third kappa shape index (κ3) is 3.97. The topological polar surface area (TPSA) is 46.3 Å². The predicted molar refractivity (Wildman–Crippen MR) is 83.4 cm³/mol. The van der Waals surface area contributed by atoms with Crippen molar-refractivity contribution in [2.45, 2.75) is 77.7 Å². The molecule has 2 rings (SSSR count). The van der Waals surface area contributed by atoms with Gasteiger partial charge in [0.1, 0.15) is 0 Å². The molecule has 2 aliphatic rings. The first-order valence-electron chi connectivity index (χ1n) is 8.37. The summed E-state index contributed by atoms with van der Waals surface area (Å²) in [7, 11) is 0. The van der Waals surface area contributed by atoms with Gasteiger partial charge in [-0.1, -0.05) is 33.6 Å². The Balaban J connectivity index is 1.88. The molecular weight excluding hydrogens is 248 g/mol. The summed E-state index contributed by atoms with van der Waals surface area (Å²) in [6, 6.07) is 0. The van der Waals surface area contributed by atoms with Crippen molar-refractivity contribution in [2.24, 2.45) is 17.1 Å². The Kier molecular flexibility index (Phi) is 4.78. The SMILES string of the molecule is CC(C)(C)C1CCCN(C(=O)CC2(N)CCCC2)CC1. The fraction of sp³-hybridized carbons (Fsp3) is 0.941. The molecule has 0 aromatic carbocycles. The second kappa shape index (κ2) is 6.05. The second-order valence-corrected chi connectivity index (χ2v) is 8.12. The second-order valence-electron chi connectivity index (χ2n) is 8.12. The van der Waals surface area contributed by atoms with Crippen molar-refractivity contribution in [2.75, 3.05) is 13.1 Å². The molecule has 1 saturated carbocycles. The predicted octanol–water partition coefficient (Wildman–Crippen LogP) is 3.32. The monoisotopic (exact) mass is 280 g/mol. The highest BCUT2D eigenvalue weighted by Gasteiger charge is 2.34. The lowest BCUT2D eigenvalue weighted by Crippen LogP contribution is -2.44. The number of nitrogens with zero attached hydrogens (tertiary/aromatic N) is 1. The number of carbonyl (C=O) groups excluding carboxylic acids is 1. The average molecular weight is 280 g/mol. The Bertz CT molecular complexity index is 339. The van der Waals surface area contributed by atoms with Crippen LogP contribution in [0, 0.1) is 11.3 Å². The standard InChI is InChI=1S/C17H32N2O/c1-16(2,3)14-7-6-11-19(12-8-14)15(20)13-17(18)9-4-5-10-17/h14H,4-13,18H2,1-3H3. The summed E-state index contributed by atoms with van der Waals surface area (Å²) in [5, 5.41) is 0. The van der Waals surface area contributed by atoms with Gasteiger partial charge in [-0.3, -0.25) is 4.79 Å². The molecule has 1 aliphatic carbocycles. The summed E-state index contributed by atoms with van der Waals surface area (Å²) in [6.45, 7) is 8.83. The molecule has 1 saturated heterocycles. The minimum Gasteiger partial charge on any atom is -0.343 e. The summed E-state index contributed by atoms with van der Waals surface area (Å²) in [6.07, 6.45) is 8.53. The number of nitrogens with two attached hydrogens (primary N) is 1. The quantitative estimate of drug-likeness (QED) is 0.843. The number of amides is 1. The fourth-order valence-corrected chi connectivity index (χ4v) is 3.88. The number of likely N-dealkylation sites (tertiary alicyclic amines) is 1. The normalized spacial score (nSPS) is 27.4. The van der Waals surface area contributed by atoms with Crippen LogP contribution in [0.3, 0.4) is 0 Å². The zero-order chi connectivity index (χ0) is 14.8. The van der Waals surface area contributed by atoms with E-state index < -0.39 is 0 Å². The largest absolute Gasteiger partial charge is 0.343 e. The number of hydrogen-bond acceptors (Lipinski definition) is 2. The molecule has 0 radical (unpaired) electrons. The molecular formula is C17H32N2O. The van der Waals surface area contributed by atoms with Crippen molar-refractivity contribution < 1.29 is 4.79 Å². The lowest BCUT2D eigenvalue weighted by molar-refractivity contribution is -0.132. The van der Waals surface area contributed by atoms with Crippen LogP contribution in [0.2, 0.25) is 0 Å². The molecule has 1 heterocycles. The first-order valence-corrected chi connectivity index (χ1v) is 8.37. The summed E-state index contributed by atoms with van der Waals surface area (Å²) < 4.78 is 0. The van der Waals surface area contributed by atoms with Gasteiger partial charge in [-0.25, -0.2) is 0 Å². The molecule has 0 aromatic heterocycles. The van der Waals surface area contributed by atoms with Crippen LogP contribution < -0.4 is 5.73 Å². The molecule has 1 unspecified atom stereocenters. The molecule has 2 N–H and O–H groups in total. The third-order valence-corrected chi connectivity index (χ3v) is 5.41. The molecule has 1 atom stereocenters. The van der Waals surface area contributed by atoms with Crippen LogP contribution in [-0.4, -0.2) is 29.4 Å². The van der Waals surface area contributed by atoms with Crippen LogP contribution in [0.1, 0.15) is 72.1 Å². The van der Waals surface area contributed by atoms with Gasteiger partial charge in [-0.15, -0.1) is 0 Å². The number of hydrogen-bond donors (Lipinski definition) is 1. The Morgan fingerprint density at radius 2 is 1.80 bits per heavy atom. The molecule has 20 heavy (non-hydrogen) atoms. The zero-order valence-corrected chi connectivity index (χ0v) is 13.6. The Morgan fingerprint density at radius 3 is 2.40 bits per heavy atom. The van der Waals surface area contributed by atoms with Crippen LogP contribution in [-0.2, 0) is 4.79 Å². The van der Waals surface area contributed by atoms with E-state index >= 15 is 0 Å². The summed E-state index contributed by atoms with van der Waals surface area (Å²) in [5.74, 6) is 1.03. The molecule has 3 heteroatoms. The van der Waals surface area contributed by atoms with Crippen molar-refractivity contribution in [1.82, 2.24) is 4.90 Å². The van der Waals surface area contributed by atoms with Gasteiger partial charge in [0.25, 0.3) is 0 Å². The molecule has 1 amide bonds. The lowest BCUT2D eigenvalue weighted by atomic mass is 9.77. The Morgan fingerprint density at radius 1 is 1.15 bits per heavy atom. The molecule has 0 bridgehead atoms. The van der Waals surface area contributed by atoms with E-state index in [4.69, 9.17) is 5.73 Å². The Hall–Kier alpha value is -0.570. The van der Waals surface area contributed by atoms with Crippen molar-refractivity contribution in [1.29, 1.82) is 0 Å².